The summed E-state index contributed by atoms with van der Waals surface area (Å²) in [5.41, 5.74) is 0.554. The van der Waals surface area contributed by atoms with Gasteiger partial charge in [0.15, 0.2) is 0 Å². The normalized spacial score (nSPS) is 27.5. The van der Waals surface area contributed by atoms with E-state index in [-0.39, 0.29) is 11.4 Å². The van der Waals surface area contributed by atoms with Gasteiger partial charge < -0.3 is 5.32 Å². The topological polar surface area (TPSA) is 12.0 Å². The van der Waals surface area contributed by atoms with Crippen molar-refractivity contribution in [3.63, 3.8) is 0 Å². The highest BCUT2D eigenvalue weighted by Crippen LogP contribution is 2.33. The molecular formula is C15H20Cl2FN. The highest BCUT2D eigenvalue weighted by Gasteiger charge is 2.32. The number of nitrogens with one attached hydrogen (secondary N) is 1. The van der Waals surface area contributed by atoms with Gasteiger partial charge in [-0.2, -0.15) is 0 Å². The third kappa shape index (κ3) is 3.84. The molecule has 0 heterocycles. The first kappa shape index (κ1) is 15.1. The number of halogens is 3. The average Bonchev–Trinajstić information content (AvgIpc) is 2.42. The number of benzene rings is 1. The Bertz CT molecular complexity index is 428. The zero-order valence-corrected chi connectivity index (χ0v) is 12.7. The van der Waals surface area contributed by atoms with E-state index in [0.29, 0.717) is 23.0 Å². The fraction of sp³-hybridized carbons (Fsp3) is 0.600. The molecular weight excluding hydrogens is 284 g/mol. The Morgan fingerprint density at radius 1 is 1.37 bits per heavy atom. The molecule has 19 heavy (non-hydrogen) atoms. The van der Waals surface area contributed by atoms with Gasteiger partial charge in [-0.15, -0.1) is 11.6 Å². The van der Waals surface area contributed by atoms with E-state index in [9.17, 15) is 4.39 Å². The molecule has 0 aromatic heterocycles. The molecule has 1 nitrogen and oxygen atoms in total. The smallest absolute Gasteiger partial charge is 0.127 e. The van der Waals surface area contributed by atoms with E-state index < -0.39 is 0 Å². The van der Waals surface area contributed by atoms with Crippen LogP contribution in [0.4, 0.5) is 4.39 Å². The van der Waals surface area contributed by atoms with Crippen LogP contribution in [0.3, 0.4) is 0 Å². The maximum atomic E-state index is 13.7. The lowest BCUT2D eigenvalue weighted by Crippen LogP contribution is -2.49. The van der Waals surface area contributed by atoms with E-state index in [0.717, 1.165) is 18.8 Å². The van der Waals surface area contributed by atoms with Crippen LogP contribution in [0.25, 0.3) is 0 Å². The van der Waals surface area contributed by atoms with E-state index in [1.165, 1.54) is 18.9 Å². The van der Waals surface area contributed by atoms with Crippen molar-refractivity contribution in [1.29, 1.82) is 0 Å². The molecule has 1 N–H and O–H groups in total. The van der Waals surface area contributed by atoms with Gasteiger partial charge in [-0.3, -0.25) is 0 Å². The fourth-order valence-electron chi connectivity index (χ4n) is 2.63. The third-order valence-electron chi connectivity index (χ3n) is 4.15. The average molecular weight is 304 g/mol. The van der Waals surface area contributed by atoms with E-state index in [2.05, 4.69) is 12.2 Å². The minimum absolute atomic E-state index is 0.0528. The standard InChI is InChI=1S/C15H20Cl2FN/c1-11-4-6-15(10-16,7-5-11)19-9-12-8-13(17)2-3-14(12)18/h2-3,8,11,19H,4-7,9-10H2,1H3. The Balaban J connectivity index is 2.01. The van der Waals surface area contributed by atoms with Crippen molar-refractivity contribution in [2.24, 2.45) is 5.92 Å². The lowest BCUT2D eigenvalue weighted by atomic mass is 9.78. The second-order valence-corrected chi connectivity index (χ2v) is 6.39. The molecule has 0 atom stereocenters. The molecule has 0 saturated heterocycles. The van der Waals surface area contributed by atoms with Crippen LogP contribution in [0.2, 0.25) is 5.02 Å². The van der Waals surface area contributed by atoms with E-state index in [1.807, 2.05) is 0 Å². The van der Waals surface area contributed by atoms with Gasteiger partial charge in [0.05, 0.1) is 0 Å². The molecule has 4 heteroatoms. The number of rotatable bonds is 4. The van der Waals surface area contributed by atoms with E-state index in [1.54, 1.807) is 12.1 Å². The van der Waals surface area contributed by atoms with Gasteiger partial charge in [-0.1, -0.05) is 18.5 Å². The number of hydrogen-bond donors (Lipinski definition) is 1. The molecule has 1 aromatic rings. The van der Waals surface area contributed by atoms with Crippen LogP contribution < -0.4 is 5.32 Å². The van der Waals surface area contributed by atoms with Crippen molar-refractivity contribution < 1.29 is 4.39 Å². The molecule has 0 bridgehead atoms. The molecule has 1 aliphatic rings. The SMILES string of the molecule is CC1CCC(CCl)(NCc2cc(Cl)ccc2F)CC1. The van der Waals surface area contributed by atoms with E-state index in [4.69, 9.17) is 23.2 Å². The maximum Gasteiger partial charge on any atom is 0.127 e. The molecule has 0 amide bonds. The van der Waals surface area contributed by atoms with Crippen LogP contribution in [-0.2, 0) is 6.54 Å². The molecule has 1 fully saturated rings. The predicted molar refractivity (Wildman–Crippen MR) is 79.3 cm³/mol. The molecule has 1 aliphatic carbocycles. The Hall–Kier alpha value is -0.310. The zero-order valence-electron chi connectivity index (χ0n) is 11.2. The highest BCUT2D eigenvalue weighted by molar-refractivity contribution is 6.30. The van der Waals surface area contributed by atoms with Gasteiger partial charge in [-0.25, -0.2) is 4.39 Å². The largest absolute Gasteiger partial charge is 0.306 e. The summed E-state index contributed by atoms with van der Waals surface area (Å²) in [7, 11) is 0. The second-order valence-electron chi connectivity index (χ2n) is 5.69. The quantitative estimate of drug-likeness (QED) is 0.791. The number of hydrogen-bond acceptors (Lipinski definition) is 1. The first-order valence-electron chi connectivity index (χ1n) is 6.79. The van der Waals surface area contributed by atoms with Gasteiger partial charge >= 0.3 is 0 Å². The van der Waals surface area contributed by atoms with Gasteiger partial charge in [0, 0.05) is 28.5 Å². The van der Waals surface area contributed by atoms with E-state index >= 15 is 0 Å². The Labute approximate surface area is 124 Å². The summed E-state index contributed by atoms with van der Waals surface area (Å²) in [6.45, 7) is 2.75. The summed E-state index contributed by atoms with van der Waals surface area (Å²) < 4.78 is 13.7. The third-order valence-corrected chi connectivity index (χ3v) is 4.90. The van der Waals surface area contributed by atoms with Gasteiger partial charge in [-0.05, 0) is 49.8 Å². The van der Waals surface area contributed by atoms with Crippen LogP contribution in [0, 0.1) is 11.7 Å². The number of alkyl halides is 1. The Morgan fingerprint density at radius 2 is 2.05 bits per heavy atom. The molecule has 0 aliphatic heterocycles. The van der Waals surface area contributed by atoms with Crippen molar-refractivity contribution >= 4 is 23.2 Å². The van der Waals surface area contributed by atoms with Crippen molar-refractivity contribution in [2.75, 3.05) is 5.88 Å². The van der Waals surface area contributed by atoms with Crippen molar-refractivity contribution in [3.8, 4) is 0 Å². The zero-order chi connectivity index (χ0) is 13.9. The summed E-state index contributed by atoms with van der Waals surface area (Å²) in [6.07, 6.45) is 4.47. The predicted octanol–water partition coefficient (Wildman–Crippen LogP) is 4.76. The molecule has 0 spiro atoms. The molecule has 2 rings (SSSR count). The van der Waals surface area contributed by atoms with Crippen LogP contribution in [0.15, 0.2) is 18.2 Å². The highest BCUT2D eigenvalue weighted by atomic mass is 35.5. The molecule has 1 aromatic carbocycles. The van der Waals surface area contributed by atoms with Crippen LogP contribution in [-0.4, -0.2) is 11.4 Å². The van der Waals surface area contributed by atoms with Crippen molar-refractivity contribution in [1.82, 2.24) is 5.32 Å². The summed E-state index contributed by atoms with van der Waals surface area (Å²) in [5, 5.41) is 4.02. The Morgan fingerprint density at radius 3 is 2.68 bits per heavy atom. The van der Waals surface area contributed by atoms with Gasteiger partial charge in [0.1, 0.15) is 5.82 Å². The summed E-state index contributed by atoms with van der Waals surface area (Å²) in [4.78, 5) is 0. The molecule has 106 valence electrons. The van der Waals surface area contributed by atoms with Crippen molar-refractivity contribution in [2.45, 2.75) is 44.7 Å². The lowest BCUT2D eigenvalue weighted by Gasteiger charge is -2.39. The molecule has 0 unspecified atom stereocenters. The second kappa shape index (κ2) is 6.43. The first-order valence-corrected chi connectivity index (χ1v) is 7.71. The van der Waals surface area contributed by atoms with Gasteiger partial charge in [0.25, 0.3) is 0 Å². The summed E-state index contributed by atoms with van der Waals surface area (Å²) in [6, 6.07) is 4.66. The molecule has 0 radical (unpaired) electrons. The minimum Gasteiger partial charge on any atom is -0.306 e. The maximum absolute atomic E-state index is 13.7. The summed E-state index contributed by atoms with van der Waals surface area (Å²) in [5.74, 6) is 1.12. The lowest BCUT2D eigenvalue weighted by molar-refractivity contribution is 0.215. The fourth-order valence-corrected chi connectivity index (χ4v) is 3.19. The van der Waals surface area contributed by atoms with Crippen LogP contribution in [0.5, 0.6) is 0 Å². The first-order chi connectivity index (χ1) is 9.04. The summed E-state index contributed by atoms with van der Waals surface area (Å²) >= 11 is 12.0. The van der Waals surface area contributed by atoms with Crippen molar-refractivity contribution in [3.05, 3.63) is 34.6 Å². The van der Waals surface area contributed by atoms with Gasteiger partial charge in [0.2, 0.25) is 0 Å². The minimum atomic E-state index is -0.217. The Kier molecular flexibility index (Phi) is 5.10. The monoisotopic (exact) mass is 303 g/mol. The van der Waals surface area contributed by atoms with Crippen LogP contribution >= 0.6 is 23.2 Å². The molecule has 1 saturated carbocycles. The van der Waals surface area contributed by atoms with Crippen LogP contribution in [0.1, 0.15) is 38.2 Å².